The van der Waals surface area contributed by atoms with Crippen molar-refractivity contribution >= 4 is 11.8 Å². The lowest BCUT2D eigenvalue weighted by Crippen LogP contribution is -2.54. The molecule has 4 rings (SSSR count). The second kappa shape index (κ2) is 9.30. The number of hydrogen-bond acceptors (Lipinski definition) is 3. The van der Waals surface area contributed by atoms with Gasteiger partial charge in [-0.05, 0) is 48.6 Å². The fourth-order valence-electron chi connectivity index (χ4n) is 4.54. The molecular weight excluding hydrogens is 405 g/mol. The van der Waals surface area contributed by atoms with E-state index in [1.54, 1.807) is 48.6 Å². The van der Waals surface area contributed by atoms with Crippen LogP contribution < -0.4 is 5.32 Å². The smallest absolute Gasteiger partial charge is 0.255 e. The van der Waals surface area contributed by atoms with Crippen LogP contribution in [0.5, 0.6) is 0 Å². The van der Waals surface area contributed by atoms with Gasteiger partial charge in [-0.15, -0.1) is 0 Å². The van der Waals surface area contributed by atoms with Gasteiger partial charge in [0.25, 0.3) is 5.91 Å². The minimum absolute atomic E-state index is 0.0700. The molecule has 1 aliphatic heterocycles. The molecule has 1 aliphatic rings. The van der Waals surface area contributed by atoms with Crippen LogP contribution in [0.4, 0.5) is 4.39 Å². The molecule has 1 unspecified atom stereocenters. The zero-order chi connectivity index (χ0) is 22.6. The molecule has 32 heavy (non-hydrogen) atoms. The van der Waals surface area contributed by atoms with Crippen molar-refractivity contribution in [2.75, 3.05) is 20.1 Å². The van der Waals surface area contributed by atoms with Gasteiger partial charge < -0.3 is 10.2 Å². The number of halogens is 1. The maximum Gasteiger partial charge on any atom is 0.255 e. The molecule has 0 aliphatic carbocycles. The summed E-state index contributed by atoms with van der Waals surface area (Å²) in [4.78, 5) is 31.8. The summed E-state index contributed by atoms with van der Waals surface area (Å²) in [6.07, 6.45) is 5.12. The van der Waals surface area contributed by atoms with E-state index in [1.807, 2.05) is 30.3 Å². The average Bonchev–Trinajstić information content (AvgIpc) is 2.84. The van der Waals surface area contributed by atoms with Crippen molar-refractivity contribution in [1.82, 2.24) is 15.2 Å². The second-order valence-electron chi connectivity index (χ2n) is 8.28. The van der Waals surface area contributed by atoms with Crippen LogP contribution in [0.25, 0.3) is 11.1 Å². The van der Waals surface area contributed by atoms with Gasteiger partial charge in [0.05, 0.1) is 11.0 Å². The third-order valence-corrected chi connectivity index (χ3v) is 6.16. The van der Waals surface area contributed by atoms with E-state index in [2.05, 4.69) is 10.3 Å². The second-order valence-corrected chi connectivity index (χ2v) is 8.28. The Balaban J connectivity index is 1.57. The lowest BCUT2D eigenvalue weighted by molar-refractivity contribution is -0.133. The minimum atomic E-state index is -0.718. The predicted molar refractivity (Wildman–Crippen MR) is 121 cm³/mol. The molecule has 1 atom stereocenters. The summed E-state index contributed by atoms with van der Waals surface area (Å²) in [5, 5.41) is 2.80. The van der Waals surface area contributed by atoms with Crippen molar-refractivity contribution in [2.45, 2.75) is 19.3 Å². The standard InChI is InChI=1S/C26H26FN3O2/c1-28-25(32)26(13-5-15-30(18-26)24(31)21-6-4-14-29-17-21)16-19-9-11-20(12-10-19)22-7-2-3-8-23(22)27/h2-4,6-12,14,17H,5,13,15-16,18H2,1H3,(H,28,32). The molecule has 1 fully saturated rings. The minimum Gasteiger partial charge on any atom is -0.359 e. The Bertz CT molecular complexity index is 1100. The van der Waals surface area contributed by atoms with Crippen LogP contribution in [0.2, 0.25) is 0 Å². The lowest BCUT2D eigenvalue weighted by atomic mass is 9.74. The monoisotopic (exact) mass is 431 g/mol. The molecule has 2 amide bonds. The fraction of sp³-hybridized carbons (Fsp3) is 0.269. The van der Waals surface area contributed by atoms with Crippen LogP contribution in [0.3, 0.4) is 0 Å². The topological polar surface area (TPSA) is 62.3 Å². The van der Waals surface area contributed by atoms with Gasteiger partial charge in [0.2, 0.25) is 5.91 Å². The Morgan fingerprint density at radius 3 is 2.56 bits per heavy atom. The Hall–Kier alpha value is -3.54. The van der Waals surface area contributed by atoms with E-state index in [-0.39, 0.29) is 17.6 Å². The summed E-state index contributed by atoms with van der Waals surface area (Å²) in [6, 6.07) is 17.8. The van der Waals surface area contributed by atoms with Gasteiger partial charge in [0.15, 0.2) is 0 Å². The van der Waals surface area contributed by atoms with Crippen molar-refractivity contribution in [3.05, 3.63) is 90.0 Å². The predicted octanol–water partition coefficient (Wildman–Crippen LogP) is 4.10. The van der Waals surface area contributed by atoms with Crippen molar-refractivity contribution in [2.24, 2.45) is 5.41 Å². The van der Waals surface area contributed by atoms with E-state index in [0.29, 0.717) is 37.1 Å². The Morgan fingerprint density at radius 1 is 1.09 bits per heavy atom. The van der Waals surface area contributed by atoms with Crippen molar-refractivity contribution < 1.29 is 14.0 Å². The van der Waals surface area contributed by atoms with Gasteiger partial charge in [-0.1, -0.05) is 42.5 Å². The number of hydrogen-bond donors (Lipinski definition) is 1. The quantitative estimate of drug-likeness (QED) is 0.662. The van der Waals surface area contributed by atoms with E-state index in [1.165, 1.54) is 6.07 Å². The highest BCUT2D eigenvalue weighted by Crippen LogP contribution is 2.35. The summed E-state index contributed by atoms with van der Waals surface area (Å²) in [6.45, 7) is 0.953. The van der Waals surface area contributed by atoms with Gasteiger partial charge in [0.1, 0.15) is 5.82 Å². The highest BCUT2D eigenvalue weighted by Gasteiger charge is 2.43. The molecule has 0 bridgehead atoms. The Morgan fingerprint density at radius 2 is 1.88 bits per heavy atom. The lowest BCUT2D eigenvalue weighted by Gasteiger charge is -2.41. The van der Waals surface area contributed by atoms with E-state index < -0.39 is 5.41 Å². The van der Waals surface area contributed by atoms with Gasteiger partial charge in [-0.2, -0.15) is 0 Å². The third kappa shape index (κ3) is 4.40. The molecular formula is C26H26FN3O2. The number of carbonyl (C=O) groups is 2. The zero-order valence-corrected chi connectivity index (χ0v) is 18.1. The van der Waals surface area contributed by atoms with Crippen LogP contribution in [0, 0.1) is 11.2 Å². The van der Waals surface area contributed by atoms with E-state index >= 15 is 0 Å². The van der Waals surface area contributed by atoms with Gasteiger partial charge in [-0.3, -0.25) is 14.6 Å². The molecule has 1 aromatic heterocycles. The third-order valence-electron chi connectivity index (χ3n) is 6.16. The number of nitrogens with zero attached hydrogens (tertiary/aromatic N) is 2. The maximum atomic E-state index is 14.1. The molecule has 5 nitrogen and oxygen atoms in total. The number of likely N-dealkylation sites (tertiary alicyclic amines) is 1. The number of piperidine rings is 1. The number of benzene rings is 2. The number of aromatic nitrogens is 1. The summed E-state index contributed by atoms with van der Waals surface area (Å²) in [5.74, 6) is -0.445. The first-order valence-corrected chi connectivity index (χ1v) is 10.8. The van der Waals surface area contributed by atoms with Crippen molar-refractivity contribution in [3.8, 4) is 11.1 Å². The first kappa shape index (κ1) is 21.7. The van der Waals surface area contributed by atoms with Crippen LogP contribution >= 0.6 is 0 Å². The fourth-order valence-corrected chi connectivity index (χ4v) is 4.54. The molecule has 6 heteroatoms. The summed E-state index contributed by atoms with van der Waals surface area (Å²) >= 11 is 0. The highest BCUT2D eigenvalue weighted by molar-refractivity contribution is 5.94. The summed E-state index contributed by atoms with van der Waals surface area (Å²) in [7, 11) is 1.63. The molecule has 0 saturated carbocycles. The summed E-state index contributed by atoms with van der Waals surface area (Å²) < 4.78 is 14.1. The molecule has 2 heterocycles. The summed E-state index contributed by atoms with van der Waals surface area (Å²) in [5.41, 5.74) is 2.12. The van der Waals surface area contributed by atoms with Crippen LogP contribution in [0.1, 0.15) is 28.8 Å². The van der Waals surface area contributed by atoms with Crippen molar-refractivity contribution in [1.29, 1.82) is 0 Å². The van der Waals surface area contributed by atoms with Gasteiger partial charge in [0, 0.05) is 38.1 Å². The molecule has 3 aromatic rings. The number of carbonyl (C=O) groups excluding carboxylic acids is 2. The molecule has 0 spiro atoms. The maximum absolute atomic E-state index is 14.1. The van der Waals surface area contributed by atoms with Gasteiger partial charge >= 0.3 is 0 Å². The SMILES string of the molecule is CNC(=O)C1(Cc2ccc(-c3ccccc3F)cc2)CCCN(C(=O)c2cccnc2)C1. The molecule has 164 valence electrons. The zero-order valence-electron chi connectivity index (χ0n) is 18.1. The molecule has 0 radical (unpaired) electrons. The van der Waals surface area contributed by atoms with Crippen LogP contribution in [0.15, 0.2) is 73.1 Å². The number of rotatable bonds is 5. The Labute approximate surface area is 187 Å². The van der Waals surface area contributed by atoms with Crippen LogP contribution in [-0.4, -0.2) is 41.8 Å². The van der Waals surface area contributed by atoms with E-state index in [0.717, 1.165) is 17.5 Å². The largest absolute Gasteiger partial charge is 0.359 e. The molecule has 1 N–H and O–H groups in total. The van der Waals surface area contributed by atoms with Crippen LogP contribution in [-0.2, 0) is 11.2 Å². The van der Waals surface area contributed by atoms with Crippen molar-refractivity contribution in [3.63, 3.8) is 0 Å². The normalized spacial score (nSPS) is 18.2. The van der Waals surface area contributed by atoms with Gasteiger partial charge in [-0.25, -0.2) is 4.39 Å². The Kier molecular flexibility index (Phi) is 6.30. The highest BCUT2D eigenvalue weighted by atomic mass is 19.1. The first-order chi connectivity index (χ1) is 15.5. The molecule has 1 saturated heterocycles. The number of pyridine rings is 1. The first-order valence-electron chi connectivity index (χ1n) is 10.8. The van der Waals surface area contributed by atoms with E-state index in [9.17, 15) is 14.0 Å². The number of nitrogens with one attached hydrogen (secondary N) is 1. The van der Waals surface area contributed by atoms with E-state index in [4.69, 9.17) is 0 Å². The number of amides is 2. The average molecular weight is 432 g/mol. The molecule has 2 aromatic carbocycles.